The van der Waals surface area contributed by atoms with Gasteiger partial charge in [-0.15, -0.1) is 0 Å². The van der Waals surface area contributed by atoms with Gasteiger partial charge in [0.15, 0.2) is 0 Å². The molecule has 0 aliphatic carbocycles. The molecule has 13 heavy (non-hydrogen) atoms. The SMILES string of the molecule is CC.Cc1cc(F)cc2ccoc12. The summed E-state index contributed by atoms with van der Waals surface area (Å²) in [4.78, 5) is 0. The smallest absolute Gasteiger partial charge is 0.136 e. The van der Waals surface area contributed by atoms with E-state index < -0.39 is 0 Å². The molecule has 2 heteroatoms. The molecule has 0 amide bonds. The molecule has 2 rings (SSSR count). The predicted molar refractivity (Wildman–Crippen MR) is 52.3 cm³/mol. The van der Waals surface area contributed by atoms with Crippen LogP contribution in [0.2, 0.25) is 0 Å². The van der Waals surface area contributed by atoms with Gasteiger partial charge in [-0.2, -0.15) is 0 Å². The number of halogens is 1. The molecule has 0 aliphatic rings. The van der Waals surface area contributed by atoms with Crippen LogP contribution in [0.5, 0.6) is 0 Å². The molecular formula is C11H13FO. The van der Waals surface area contributed by atoms with Crippen LogP contribution in [0.25, 0.3) is 11.0 Å². The maximum Gasteiger partial charge on any atom is 0.136 e. The van der Waals surface area contributed by atoms with Crippen molar-refractivity contribution in [2.75, 3.05) is 0 Å². The first-order valence-corrected chi connectivity index (χ1v) is 4.41. The van der Waals surface area contributed by atoms with E-state index in [1.807, 2.05) is 20.8 Å². The molecule has 0 saturated carbocycles. The second kappa shape index (κ2) is 4.08. The lowest BCUT2D eigenvalue weighted by Gasteiger charge is -1.93. The number of fused-ring (bicyclic) bond motifs is 1. The largest absolute Gasteiger partial charge is 0.464 e. The lowest BCUT2D eigenvalue weighted by atomic mass is 10.2. The quantitative estimate of drug-likeness (QED) is 0.599. The molecule has 1 heterocycles. The monoisotopic (exact) mass is 180 g/mol. The molecule has 0 saturated heterocycles. The highest BCUT2D eigenvalue weighted by Crippen LogP contribution is 2.20. The van der Waals surface area contributed by atoms with Crippen LogP contribution in [0.15, 0.2) is 28.9 Å². The highest BCUT2D eigenvalue weighted by atomic mass is 19.1. The van der Waals surface area contributed by atoms with Gasteiger partial charge in [0, 0.05) is 5.39 Å². The van der Waals surface area contributed by atoms with Gasteiger partial charge in [0.2, 0.25) is 0 Å². The Labute approximate surface area is 77.2 Å². The Morgan fingerprint density at radius 2 is 1.92 bits per heavy atom. The van der Waals surface area contributed by atoms with Crippen molar-refractivity contribution >= 4 is 11.0 Å². The minimum absolute atomic E-state index is 0.212. The summed E-state index contributed by atoms with van der Waals surface area (Å²) < 4.78 is 17.9. The first-order valence-electron chi connectivity index (χ1n) is 4.41. The molecule has 0 fully saturated rings. The number of hydrogen-bond donors (Lipinski definition) is 0. The zero-order valence-corrected chi connectivity index (χ0v) is 8.10. The van der Waals surface area contributed by atoms with E-state index >= 15 is 0 Å². The summed E-state index contributed by atoms with van der Waals surface area (Å²) in [6.45, 7) is 5.83. The molecule has 0 radical (unpaired) electrons. The highest BCUT2D eigenvalue weighted by molar-refractivity contribution is 5.80. The molecule has 1 aromatic heterocycles. The van der Waals surface area contributed by atoms with E-state index in [4.69, 9.17) is 4.42 Å². The Hall–Kier alpha value is -1.31. The summed E-state index contributed by atoms with van der Waals surface area (Å²) in [5, 5.41) is 0.822. The Bertz CT molecular complexity index is 390. The molecule has 0 bridgehead atoms. The summed E-state index contributed by atoms with van der Waals surface area (Å²) in [7, 11) is 0. The van der Waals surface area contributed by atoms with Crippen LogP contribution in [0.4, 0.5) is 4.39 Å². The van der Waals surface area contributed by atoms with Crippen LogP contribution in [0.3, 0.4) is 0 Å². The number of furan rings is 1. The van der Waals surface area contributed by atoms with Gasteiger partial charge in [0.1, 0.15) is 11.4 Å². The molecule has 0 unspecified atom stereocenters. The normalized spacial score (nSPS) is 9.54. The molecule has 1 nitrogen and oxygen atoms in total. The second-order valence-corrected chi connectivity index (χ2v) is 2.56. The summed E-state index contributed by atoms with van der Waals surface area (Å²) in [5.74, 6) is -0.212. The number of rotatable bonds is 0. The van der Waals surface area contributed by atoms with Gasteiger partial charge in [0.05, 0.1) is 6.26 Å². The van der Waals surface area contributed by atoms with Gasteiger partial charge >= 0.3 is 0 Å². The zero-order valence-electron chi connectivity index (χ0n) is 8.10. The molecule has 1 aromatic carbocycles. The van der Waals surface area contributed by atoms with Crippen molar-refractivity contribution in [2.24, 2.45) is 0 Å². The predicted octanol–water partition coefficient (Wildman–Crippen LogP) is 3.91. The minimum atomic E-state index is -0.212. The van der Waals surface area contributed by atoms with Crippen LogP contribution in [-0.2, 0) is 0 Å². The third-order valence-corrected chi connectivity index (χ3v) is 1.70. The standard InChI is InChI=1S/C9H7FO.C2H6/c1-6-4-8(10)5-7-2-3-11-9(6)7;1-2/h2-5H,1H3;1-2H3. The van der Waals surface area contributed by atoms with Gasteiger partial charge in [-0.05, 0) is 30.7 Å². The van der Waals surface area contributed by atoms with Gasteiger partial charge < -0.3 is 4.42 Å². The van der Waals surface area contributed by atoms with Crippen LogP contribution in [-0.4, -0.2) is 0 Å². The van der Waals surface area contributed by atoms with Crippen molar-refractivity contribution in [1.82, 2.24) is 0 Å². The van der Waals surface area contributed by atoms with E-state index in [2.05, 4.69) is 0 Å². The first-order chi connectivity index (χ1) is 6.27. The van der Waals surface area contributed by atoms with Gasteiger partial charge in [-0.25, -0.2) is 4.39 Å². The van der Waals surface area contributed by atoms with E-state index in [1.165, 1.54) is 12.1 Å². The van der Waals surface area contributed by atoms with Crippen LogP contribution in [0, 0.1) is 12.7 Å². The highest BCUT2D eigenvalue weighted by Gasteiger charge is 2.01. The van der Waals surface area contributed by atoms with Gasteiger partial charge in [-0.1, -0.05) is 13.8 Å². The number of aryl methyl sites for hydroxylation is 1. The third kappa shape index (κ3) is 1.89. The molecule has 70 valence electrons. The average molecular weight is 180 g/mol. The van der Waals surface area contributed by atoms with Gasteiger partial charge in [-0.3, -0.25) is 0 Å². The average Bonchev–Trinajstić information content (AvgIpc) is 2.55. The Kier molecular flexibility index (Phi) is 3.07. The van der Waals surface area contributed by atoms with Crippen molar-refractivity contribution < 1.29 is 8.81 Å². The fourth-order valence-electron chi connectivity index (χ4n) is 1.22. The summed E-state index contributed by atoms with van der Waals surface area (Å²) in [6.07, 6.45) is 1.57. The molecule has 2 aromatic rings. The lowest BCUT2D eigenvalue weighted by Crippen LogP contribution is -1.77. The fourth-order valence-corrected chi connectivity index (χ4v) is 1.22. The van der Waals surface area contributed by atoms with Crippen LogP contribution in [0.1, 0.15) is 19.4 Å². The number of benzene rings is 1. The van der Waals surface area contributed by atoms with Crippen molar-refractivity contribution in [2.45, 2.75) is 20.8 Å². The van der Waals surface area contributed by atoms with Gasteiger partial charge in [0.25, 0.3) is 0 Å². The van der Waals surface area contributed by atoms with Crippen LogP contribution >= 0.6 is 0 Å². The summed E-state index contributed by atoms with van der Waals surface area (Å²) >= 11 is 0. The van der Waals surface area contributed by atoms with Crippen molar-refractivity contribution in [3.8, 4) is 0 Å². The number of hydrogen-bond acceptors (Lipinski definition) is 1. The zero-order chi connectivity index (χ0) is 9.84. The van der Waals surface area contributed by atoms with E-state index in [1.54, 1.807) is 12.3 Å². The second-order valence-electron chi connectivity index (χ2n) is 2.56. The Balaban J connectivity index is 0.000000396. The molecule has 0 spiro atoms. The maximum atomic E-state index is 12.7. The molecular weight excluding hydrogens is 167 g/mol. The van der Waals surface area contributed by atoms with Crippen molar-refractivity contribution in [3.63, 3.8) is 0 Å². The minimum Gasteiger partial charge on any atom is -0.464 e. The summed E-state index contributed by atoms with van der Waals surface area (Å²) in [5.41, 5.74) is 1.61. The Morgan fingerprint density at radius 1 is 1.23 bits per heavy atom. The third-order valence-electron chi connectivity index (χ3n) is 1.70. The van der Waals surface area contributed by atoms with E-state index in [-0.39, 0.29) is 5.82 Å². The van der Waals surface area contributed by atoms with Crippen molar-refractivity contribution in [3.05, 3.63) is 35.8 Å². The van der Waals surface area contributed by atoms with E-state index in [0.717, 1.165) is 16.5 Å². The molecule has 0 atom stereocenters. The lowest BCUT2D eigenvalue weighted by molar-refractivity contribution is 0.606. The molecule has 0 N–H and O–H groups in total. The maximum absolute atomic E-state index is 12.7. The molecule has 0 aliphatic heterocycles. The van der Waals surface area contributed by atoms with E-state index in [0.29, 0.717) is 0 Å². The van der Waals surface area contributed by atoms with Crippen LogP contribution < -0.4 is 0 Å². The van der Waals surface area contributed by atoms with E-state index in [9.17, 15) is 4.39 Å². The topological polar surface area (TPSA) is 13.1 Å². The Morgan fingerprint density at radius 3 is 2.62 bits per heavy atom. The summed E-state index contributed by atoms with van der Waals surface area (Å²) in [6, 6.07) is 4.68. The van der Waals surface area contributed by atoms with Crippen molar-refractivity contribution in [1.29, 1.82) is 0 Å². The first kappa shape index (κ1) is 9.78. The fraction of sp³-hybridized carbons (Fsp3) is 0.273.